The van der Waals surface area contributed by atoms with Crippen LogP contribution in [-0.2, 0) is 10.0 Å². The van der Waals surface area contributed by atoms with Crippen molar-refractivity contribution >= 4 is 33.3 Å². The maximum absolute atomic E-state index is 13.3. The van der Waals surface area contributed by atoms with Gasteiger partial charge in [-0.15, -0.1) is 0 Å². The molecular formula is C31H37ClN4O5S. The molecule has 2 heterocycles. The first-order valence-corrected chi connectivity index (χ1v) is 15.9. The lowest BCUT2D eigenvalue weighted by molar-refractivity contribution is 0.0256. The number of anilines is 1. The van der Waals surface area contributed by atoms with E-state index in [0.717, 1.165) is 22.4 Å². The molecule has 1 unspecified atom stereocenters. The molecule has 3 aromatic rings. The Balaban J connectivity index is 1.40. The number of rotatable bonds is 2. The van der Waals surface area contributed by atoms with Gasteiger partial charge in [0.05, 0.1) is 12.7 Å². The highest BCUT2D eigenvalue weighted by Gasteiger charge is 2.39. The highest BCUT2D eigenvalue weighted by atomic mass is 35.5. The van der Waals surface area contributed by atoms with Crippen LogP contribution < -0.4 is 14.8 Å². The van der Waals surface area contributed by atoms with Crippen molar-refractivity contribution in [1.29, 1.82) is 0 Å². The molecular weight excluding hydrogens is 576 g/mol. The number of sulfonamides is 1. The maximum Gasteiger partial charge on any atom is 0.321 e. The Hall–Kier alpha value is -3.15. The number of benzene rings is 3. The van der Waals surface area contributed by atoms with E-state index in [0.29, 0.717) is 44.0 Å². The number of aliphatic hydroxyl groups excluding tert-OH is 1. The van der Waals surface area contributed by atoms with Crippen LogP contribution in [0.5, 0.6) is 5.75 Å². The average molecular weight is 613 g/mol. The normalized spacial score (nSPS) is 21.0. The molecule has 2 aliphatic rings. The van der Waals surface area contributed by atoms with Crippen LogP contribution in [0.4, 0.5) is 10.5 Å². The fraction of sp³-hybridized carbons (Fsp3) is 0.387. The van der Waals surface area contributed by atoms with Gasteiger partial charge in [-0.3, -0.25) is 0 Å². The Kier molecular flexibility index (Phi) is 9.10. The van der Waals surface area contributed by atoms with Crippen LogP contribution >= 0.6 is 11.6 Å². The van der Waals surface area contributed by atoms with Gasteiger partial charge < -0.3 is 25.0 Å². The van der Waals surface area contributed by atoms with Crippen LogP contribution in [0.25, 0.3) is 11.1 Å². The highest BCUT2D eigenvalue weighted by Crippen LogP contribution is 2.37. The molecule has 224 valence electrons. The molecule has 1 spiro atoms. The van der Waals surface area contributed by atoms with Gasteiger partial charge in [0, 0.05) is 48.8 Å². The number of halogens is 1. The minimum atomic E-state index is -3.96. The van der Waals surface area contributed by atoms with Crippen molar-refractivity contribution in [2.45, 2.75) is 30.8 Å². The van der Waals surface area contributed by atoms with E-state index >= 15 is 0 Å². The Morgan fingerprint density at radius 3 is 2.48 bits per heavy atom. The van der Waals surface area contributed by atoms with Gasteiger partial charge in [-0.25, -0.2) is 17.9 Å². The fourth-order valence-corrected chi connectivity index (χ4v) is 7.00. The quantitative estimate of drug-likeness (QED) is 0.390. The molecule has 0 radical (unpaired) electrons. The number of aliphatic hydroxyl groups is 1. The zero-order valence-electron chi connectivity index (χ0n) is 23.8. The molecule has 0 saturated carbocycles. The van der Waals surface area contributed by atoms with Crippen molar-refractivity contribution in [2.75, 3.05) is 51.7 Å². The highest BCUT2D eigenvalue weighted by molar-refractivity contribution is 7.89. The number of urea groups is 1. The number of likely N-dealkylation sites (tertiary alicyclic amines) is 1. The summed E-state index contributed by atoms with van der Waals surface area (Å²) >= 11 is 6.07. The van der Waals surface area contributed by atoms with Crippen molar-refractivity contribution < 1.29 is 23.1 Å². The number of piperidine rings is 1. The van der Waals surface area contributed by atoms with E-state index in [2.05, 4.69) is 10.0 Å². The van der Waals surface area contributed by atoms with E-state index < -0.39 is 16.1 Å². The third kappa shape index (κ3) is 7.07. The van der Waals surface area contributed by atoms with Crippen molar-refractivity contribution in [1.82, 2.24) is 14.5 Å². The molecule has 0 aliphatic carbocycles. The van der Waals surface area contributed by atoms with Crippen LogP contribution in [0.2, 0.25) is 5.02 Å². The van der Waals surface area contributed by atoms with Crippen LogP contribution in [0.1, 0.15) is 18.4 Å². The fourth-order valence-electron chi connectivity index (χ4n) is 5.68. The van der Waals surface area contributed by atoms with Crippen molar-refractivity contribution in [2.24, 2.45) is 5.41 Å². The van der Waals surface area contributed by atoms with Gasteiger partial charge in [0.25, 0.3) is 0 Å². The molecule has 11 heteroatoms. The van der Waals surface area contributed by atoms with E-state index in [4.69, 9.17) is 16.3 Å². The molecule has 5 rings (SSSR count). The Bertz CT molecular complexity index is 1520. The zero-order valence-corrected chi connectivity index (χ0v) is 25.4. The standard InChI is InChI=1S/C31H37ClN4O5S/c1-22-5-3-4-6-27(22)34-30(38)36-15-13-31(14-16-36)20-35(2)19-26(37)18-33-42(39,40)29-12-9-24(17-28(29)41-21-31)23-7-10-25(32)11-8-23/h3-12,17,26,33,37H,13-16,18-21H2,1-2H3,(H,34,38). The van der Waals surface area contributed by atoms with E-state index in [1.807, 2.05) is 60.2 Å². The SMILES string of the molecule is Cc1ccccc1NC(=O)N1CCC2(CC1)COc1cc(-c3ccc(Cl)cc3)ccc1S(=O)(=O)NCC(O)CN(C)C2. The number of nitrogens with zero attached hydrogens (tertiary/aromatic N) is 2. The largest absolute Gasteiger partial charge is 0.492 e. The maximum atomic E-state index is 13.3. The van der Waals surface area contributed by atoms with Gasteiger partial charge in [0.1, 0.15) is 10.6 Å². The second-order valence-electron chi connectivity index (χ2n) is 11.4. The molecule has 0 aromatic heterocycles. The van der Waals surface area contributed by atoms with Gasteiger partial charge in [-0.1, -0.05) is 48.0 Å². The number of carbonyl (C=O) groups excluding carboxylic acids is 1. The third-order valence-electron chi connectivity index (χ3n) is 8.08. The van der Waals surface area contributed by atoms with E-state index in [9.17, 15) is 18.3 Å². The van der Waals surface area contributed by atoms with Gasteiger partial charge in [-0.2, -0.15) is 0 Å². The molecule has 0 bridgehead atoms. The number of para-hydroxylation sites is 1. The summed E-state index contributed by atoms with van der Waals surface area (Å²) in [5, 5.41) is 14.3. The second kappa shape index (κ2) is 12.6. The molecule has 1 fully saturated rings. The number of hydrogen-bond donors (Lipinski definition) is 3. The number of ether oxygens (including phenoxy) is 1. The summed E-state index contributed by atoms with van der Waals surface area (Å²) in [4.78, 5) is 16.9. The lowest BCUT2D eigenvalue weighted by Gasteiger charge is -2.44. The number of aryl methyl sites for hydroxylation is 1. The minimum absolute atomic E-state index is 0.0199. The average Bonchev–Trinajstić information content (AvgIpc) is 2.96. The van der Waals surface area contributed by atoms with Crippen LogP contribution in [0.15, 0.2) is 71.6 Å². The van der Waals surface area contributed by atoms with Crippen LogP contribution in [0.3, 0.4) is 0 Å². The Morgan fingerprint density at radius 1 is 1.07 bits per heavy atom. The zero-order chi connectivity index (χ0) is 29.9. The molecule has 1 saturated heterocycles. The van der Waals surface area contributed by atoms with E-state index in [1.165, 1.54) is 6.07 Å². The lowest BCUT2D eigenvalue weighted by atomic mass is 9.78. The predicted octanol–water partition coefficient (Wildman–Crippen LogP) is 4.59. The van der Waals surface area contributed by atoms with Gasteiger partial charge in [0.15, 0.2) is 0 Å². The van der Waals surface area contributed by atoms with Crippen molar-refractivity contribution in [3.63, 3.8) is 0 Å². The van der Waals surface area contributed by atoms with E-state index in [-0.39, 0.29) is 35.2 Å². The molecule has 2 aliphatic heterocycles. The number of likely N-dealkylation sites (N-methyl/N-ethyl adjacent to an activating group) is 1. The van der Waals surface area contributed by atoms with Crippen LogP contribution in [0, 0.1) is 12.3 Å². The second-order valence-corrected chi connectivity index (χ2v) is 13.6. The lowest BCUT2D eigenvalue weighted by Crippen LogP contribution is -2.52. The summed E-state index contributed by atoms with van der Waals surface area (Å²) < 4.78 is 35.5. The monoisotopic (exact) mass is 612 g/mol. The predicted molar refractivity (Wildman–Crippen MR) is 165 cm³/mol. The number of carbonyl (C=O) groups is 1. The van der Waals surface area contributed by atoms with Gasteiger partial charge >= 0.3 is 6.03 Å². The third-order valence-corrected chi connectivity index (χ3v) is 9.79. The molecule has 9 nitrogen and oxygen atoms in total. The smallest absolute Gasteiger partial charge is 0.321 e. The first kappa shape index (κ1) is 30.3. The van der Waals surface area contributed by atoms with E-state index in [1.54, 1.807) is 24.3 Å². The summed E-state index contributed by atoms with van der Waals surface area (Å²) in [6, 6.07) is 19.9. The Morgan fingerprint density at radius 2 is 1.76 bits per heavy atom. The van der Waals surface area contributed by atoms with Crippen LogP contribution in [-0.4, -0.2) is 81.8 Å². The van der Waals surface area contributed by atoms with Gasteiger partial charge in [-0.05, 0) is 73.8 Å². The summed E-state index contributed by atoms with van der Waals surface area (Å²) in [5.74, 6) is 0.242. The number of hydrogen-bond acceptors (Lipinski definition) is 6. The number of nitrogens with one attached hydrogen (secondary N) is 2. The number of fused-ring (bicyclic) bond motifs is 1. The topological polar surface area (TPSA) is 111 Å². The van der Waals surface area contributed by atoms with Crippen molar-refractivity contribution in [3.05, 3.63) is 77.3 Å². The molecule has 42 heavy (non-hydrogen) atoms. The first-order valence-electron chi connectivity index (χ1n) is 14.0. The number of β-amino-alcohol motifs (C(OH)–C–C–N with tert-alkyl or cyclic N) is 1. The molecule has 3 aromatic carbocycles. The van der Waals surface area contributed by atoms with Crippen molar-refractivity contribution in [3.8, 4) is 16.9 Å². The molecule has 3 N–H and O–H groups in total. The summed E-state index contributed by atoms with van der Waals surface area (Å²) in [6.07, 6.45) is 0.427. The molecule has 2 amide bonds. The van der Waals surface area contributed by atoms with Gasteiger partial charge in [0.2, 0.25) is 10.0 Å². The summed E-state index contributed by atoms with van der Waals surface area (Å²) in [7, 11) is -2.05. The first-order chi connectivity index (χ1) is 20.0. The number of amides is 2. The Labute approximate surface area is 252 Å². The summed E-state index contributed by atoms with van der Waals surface area (Å²) in [5.41, 5.74) is 3.08. The summed E-state index contributed by atoms with van der Waals surface area (Å²) in [6.45, 7) is 4.06. The minimum Gasteiger partial charge on any atom is -0.492 e. The molecule has 1 atom stereocenters.